The number of fused-ring (bicyclic) bond motifs is 2. The quantitative estimate of drug-likeness (QED) is 0.440. The molecular formula is C30H38FN7O6. The average Bonchev–Trinajstić information content (AvgIpc) is 3.27. The molecule has 14 heteroatoms. The van der Waals surface area contributed by atoms with Crippen molar-refractivity contribution in [1.82, 2.24) is 35.7 Å². The third-order valence-electron chi connectivity index (χ3n) is 8.17. The molecule has 0 unspecified atom stereocenters. The third kappa shape index (κ3) is 6.89. The lowest BCUT2D eigenvalue weighted by Gasteiger charge is -2.30. The first-order valence-electron chi connectivity index (χ1n) is 14.9. The number of carbonyl (C=O) groups excluding carboxylic acids is 3. The Kier molecular flexibility index (Phi) is 8.71. The number of benzene rings is 1. The molecule has 2 fully saturated rings. The van der Waals surface area contributed by atoms with Crippen LogP contribution in [-0.2, 0) is 19.1 Å². The molecule has 1 aromatic heterocycles. The van der Waals surface area contributed by atoms with Gasteiger partial charge in [0.2, 0.25) is 17.6 Å². The van der Waals surface area contributed by atoms with Gasteiger partial charge in [-0.1, -0.05) is 37.1 Å². The summed E-state index contributed by atoms with van der Waals surface area (Å²) < 4.78 is 19.2. The number of carbonyl (C=O) groups is 4. The summed E-state index contributed by atoms with van der Waals surface area (Å²) in [4.78, 5) is 55.6. The SMILES string of the molecule is CC(C)(C)OC(=O)N[C@@H]1CCCCC/C=C\[C@H]2C[C@]2(C(=O)O)NC(=O)[C@@H]2C[C@H](n3nnc(-c4cccc(F)c4)n3)CN2C1=O. The van der Waals surface area contributed by atoms with Gasteiger partial charge in [0.05, 0.1) is 6.04 Å². The predicted molar refractivity (Wildman–Crippen MR) is 154 cm³/mol. The van der Waals surface area contributed by atoms with Gasteiger partial charge in [-0.15, -0.1) is 10.2 Å². The highest BCUT2D eigenvalue weighted by Crippen LogP contribution is 2.45. The van der Waals surface area contributed by atoms with Gasteiger partial charge in [-0.25, -0.2) is 14.0 Å². The topological polar surface area (TPSA) is 169 Å². The van der Waals surface area contributed by atoms with Crippen molar-refractivity contribution < 1.29 is 33.4 Å². The fourth-order valence-corrected chi connectivity index (χ4v) is 5.82. The van der Waals surface area contributed by atoms with Crippen LogP contribution >= 0.6 is 0 Å². The molecule has 5 atom stereocenters. The van der Waals surface area contributed by atoms with Gasteiger partial charge in [0.25, 0.3) is 0 Å². The van der Waals surface area contributed by atoms with Gasteiger partial charge in [0.1, 0.15) is 29.0 Å². The maximum Gasteiger partial charge on any atom is 0.408 e. The van der Waals surface area contributed by atoms with E-state index in [4.69, 9.17) is 4.74 Å². The molecule has 3 N–H and O–H groups in total. The average molecular weight is 612 g/mol. The van der Waals surface area contributed by atoms with Crippen LogP contribution in [0.3, 0.4) is 0 Å². The monoisotopic (exact) mass is 611 g/mol. The Labute approximate surface area is 254 Å². The Morgan fingerprint density at radius 3 is 2.73 bits per heavy atom. The van der Waals surface area contributed by atoms with Crippen molar-refractivity contribution in [1.29, 1.82) is 0 Å². The number of allylic oxidation sites excluding steroid dienone is 1. The Hall–Kier alpha value is -4.36. The van der Waals surface area contributed by atoms with E-state index in [-0.39, 0.29) is 31.1 Å². The van der Waals surface area contributed by atoms with Crippen LogP contribution in [0.1, 0.15) is 71.8 Å². The van der Waals surface area contributed by atoms with Crippen molar-refractivity contribution in [2.75, 3.05) is 6.54 Å². The number of carboxylic acids is 1. The molecule has 1 saturated carbocycles. The van der Waals surface area contributed by atoms with Crippen LogP contribution in [0.4, 0.5) is 9.18 Å². The van der Waals surface area contributed by atoms with Crippen LogP contribution < -0.4 is 10.6 Å². The Morgan fingerprint density at radius 1 is 1.20 bits per heavy atom. The van der Waals surface area contributed by atoms with E-state index in [0.29, 0.717) is 18.4 Å². The van der Waals surface area contributed by atoms with Gasteiger partial charge in [-0.3, -0.25) is 9.59 Å². The van der Waals surface area contributed by atoms with Crippen LogP contribution in [0.25, 0.3) is 11.4 Å². The molecule has 3 heterocycles. The molecule has 2 aliphatic heterocycles. The fourth-order valence-electron chi connectivity index (χ4n) is 5.82. The number of tetrazole rings is 1. The number of carboxylic acid groups (broad SMARTS) is 1. The van der Waals surface area contributed by atoms with E-state index in [1.54, 1.807) is 26.8 Å². The maximum atomic E-state index is 14.1. The van der Waals surface area contributed by atoms with Crippen LogP contribution in [0.5, 0.6) is 0 Å². The molecule has 1 aromatic carbocycles. The molecule has 236 valence electrons. The fraction of sp³-hybridized carbons (Fsp3) is 0.567. The second kappa shape index (κ2) is 12.3. The molecule has 0 radical (unpaired) electrons. The van der Waals surface area contributed by atoms with E-state index in [1.807, 2.05) is 12.2 Å². The van der Waals surface area contributed by atoms with Crippen molar-refractivity contribution in [3.05, 3.63) is 42.2 Å². The van der Waals surface area contributed by atoms with Gasteiger partial charge in [0, 0.05) is 24.4 Å². The van der Waals surface area contributed by atoms with E-state index in [9.17, 15) is 28.7 Å². The molecule has 13 nitrogen and oxygen atoms in total. The second-order valence-corrected chi connectivity index (χ2v) is 12.7. The summed E-state index contributed by atoms with van der Waals surface area (Å²) in [7, 11) is 0. The lowest BCUT2D eigenvalue weighted by Crippen LogP contribution is -2.56. The number of halogens is 1. The smallest absolute Gasteiger partial charge is 0.408 e. The Morgan fingerprint density at radius 2 is 2.00 bits per heavy atom. The number of ether oxygens (including phenoxy) is 1. The van der Waals surface area contributed by atoms with Crippen molar-refractivity contribution in [3.63, 3.8) is 0 Å². The number of rotatable bonds is 4. The van der Waals surface area contributed by atoms with Crippen molar-refractivity contribution in [2.24, 2.45) is 5.92 Å². The van der Waals surface area contributed by atoms with E-state index < -0.39 is 59.0 Å². The zero-order chi connectivity index (χ0) is 31.6. The number of nitrogens with one attached hydrogen (secondary N) is 2. The molecule has 0 bridgehead atoms. The first-order valence-corrected chi connectivity index (χ1v) is 14.9. The highest BCUT2D eigenvalue weighted by Gasteiger charge is 2.61. The molecule has 3 amide bonds. The summed E-state index contributed by atoms with van der Waals surface area (Å²) in [5.74, 6) is -2.89. The van der Waals surface area contributed by atoms with E-state index in [0.717, 1.165) is 19.3 Å². The van der Waals surface area contributed by atoms with Crippen LogP contribution in [0, 0.1) is 11.7 Å². The summed E-state index contributed by atoms with van der Waals surface area (Å²) >= 11 is 0. The number of hydrogen-bond acceptors (Lipinski definition) is 8. The lowest BCUT2D eigenvalue weighted by atomic mass is 10.0. The second-order valence-electron chi connectivity index (χ2n) is 12.7. The maximum absolute atomic E-state index is 14.1. The van der Waals surface area contributed by atoms with Gasteiger partial charge >= 0.3 is 12.1 Å². The van der Waals surface area contributed by atoms with Gasteiger partial charge in [-0.05, 0) is 63.8 Å². The first kappa shape index (κ1) is 31.1. The molecule has 3 aliphatic rings. The van der Waals surface area contributed by atoms with Crippen LogP contribution in [0.15, 0.2) is 36.4 Å². The zero-order valence-corrected chi connectivity index (χ0v) is 25.0. The standard InChI is InChI=1S/C30H38FN7O6/c1-29(2,3)44-28(43)32-22-13-8-6-4-5-7-11-19-16-30(19,27(41)42)33-25(39)23-15-21(17-37(23)26(22)40)38-35-24(34-36-38)18-10-9-12-20(31)14-18/h7,9-12,14,19,21-23H,4-6,8,13,15-17H2,1-3H3,(H,32,43)(H,33,39)(H,41,42)/b11-7-/t19-,21-,22+,23-,30-/m0/s1. The van der Waals surface area contributed by atoms with Gasteiger partial charge in [0.15, 0.2) is 0 Å². The molecule has 5 rings (SSSR count). The number of amides is 3. The molecule has 0 spiro atoms. The minimum Gasteiger partial charge on any atom is -0.479 e. The van der Waals surface area contributed by atoms with Crippen molar-refractivity contribution >= 4 is 23.9 Å². The zero-order valence-electron chi connectivity index (χ0n) is 25.0. The van der Waals surface area contributed by atoms with E-state index in [1.165, 1.54) is 27.9 Å². The van der Waals surface area contributed by atoms with Crippen LogP contribution in [0.2, 0.25) is 0 Å². The van der Waals surface area contributed by atoms with Gasteiger partial charge < -0.3 is 25.4 Å². The van der Waals surface area contributed by atoms with Crippen molar-refractivity contribution in [3.8, 4) is 11.4 Å². The molecule has 1 aliphatic carbocycles. The molecular weight excluding hydrogens is 573 g/mol. The number of aromatic nitrogens is 4. The number of alkyl carbamates (subject to hydrolysis) is 1. The number of hydrogen-bond donors (Lipinski definition) is 3. The third-order valence-corrected chi connectivity index (χ3v) is 8.17. The Balaban J connectivity index is 1.44. The molecule has 44 heavy (non-hydrogen) atoms. The van der Waals surface area contributed by atoms with E-state index >= 15 is 0 Å². The normalized spacial score (nSPS) is 28.5. The van der Waals surface area contributed by atoms with Gasteiger partial charge in [-0.2, -0.15) is 4.80 Å². The van der Waals surface area contributed by atoms with E-state index in [2.05, 4.69) is 26.0 Å². The molecule has 2 aromatic rings. The highest BCUT2D eigenvalue weighted by atomic mass is 19.1. The molecule has 1 saturated heterocycles. The largest absolute Gasteiger partial charge is 0.479 e. The summed E-state index contributed by atoms with van der Waals surface area (Å²) in [6.45, 7) is 5.16. The number of aliphatic carboxylic acids is 1. The Bertz CT molecular complexity index is 1460. The highest BCUT2D eigenvalue weighted by molar-refractivity contribution is 5.96. The van der Waals surface area contributed by atoms with Crippen molar-refractivity contribution in [2.45, 2.75) is 95.0 Å². The predicted octanol–water partition coefficient (Wildman–Crippen LogP) is 2.99. The lowest BCUT2D eigenvalue weighted by molar-refractivity contribution is -0.145. The van der Waals surface area contributed by atoms with Crippen LogP contribution in [-0.4, -0.2) is 83.9 Å². The summed E-state index contributed by atoms with van der Waals surface area (Å²) in [6.07, 6.45) is 6.65. The first-order chi connectivity index (χ1) is 20.9. The minimum atomic E-state index is -1.45. The summed E-state index contributed by atoms with van der Waals surface area (Å²) in [6, 6.07) is 3.10. The number of nitrogens with zero attached hydrogens (tertiary/aromatic N) is 5. The summed E-state index contributed by atoms with van der Waals surface area (Å²) in [5.41, 5.74) is -1.83. The minimum absolute atomic E-state index is 0.00573. The summed E-state index contributed by atoms with van der Waals surface area (Å²) in [5, 5.41) is 28.0.